The lowest BCUT2D eigenvalue weighted by molar-refractivity contribution is -0.278. The van der Waals surface area contributed by atoms with Crippen LogP contribution in [0.5, 0.6) is 11.6 Å². The number of aromatic amines is 1. The molecule has 0 unspecified atom stereocenters. The number of carbonyl (C=O) groups excluding carboxylic acids is 1. The highest BCUT2D eigenvalue weighted by atomic mass is 16.7. The van der Waals surface area contributed by atoms with Gasteiger partial charge in [0.2, 0.25) is 12.2 Å². The molecular weight excluding hydrogens is 524 g/mol. The highest BCUT2D eigenvalue weighted by Crippen LogP contribution is 2.32. The molecule has 224 valence electrons. The molecule has 0 radical (unpaired) electrons. The van der Waals surface area contributed by atoms with Crippen LogP contribution in [-0.2, 0) is 11.2 Å². The van der Waals surface area contributed by atoms with Gasteiger partial charge in [0.25, 0.3) is 0 Å². The molecule has 13 nitrogen and oxygen atoms in total. The second kappa shape index (κ2) is 13.6. The van der Waals surface area contributed by atoms with E-state index in [0.717, 1.165) is 22.4 Å². The van der Waals surface area contributed by atoms with E-state index in [0.29, 0.717) is 12.2 Å². The predicted octanol–water partition coefficient (Wildman–Crippen LogP) is 0.0599. The van der Waals surface area contributed by atoms with E-state index in [9.17, 15) is 30.3 Å². The number of aromatic nitrogens is 2. The zero-order valence-corrected chi connectivity index (χ0v) is 23.5. The van der Waals surface area contributed by atoms with E-state index in [1.807, 2.05) is 39.0 Å². The largest absolute Gasteiger partial charge is 0.492 e. The van der Waals surface area contributed by atoms with Crippen molar-refractivity contribution in [2.45, 2.75) is 83.2 Å². The normalized spacial score (nSPS) is 23.2. The molecule has 1 aliphatic heterocycles. The molecule has 5 atom stereocenters. The molecule has 1 aromatic carbocycles. The lowest BCUT2D eigenvalue weighted by atomic mass is 9.96. The molecule has 13 heteroatoms. The average Bonchev–Trinajstić information content (AvgIpc) is 3.30. The third-order valence-corrected chi connectivity index (χ3v) is 6.70. The van der Waals surface area contributed by atoms with E-state index in [1.54, 1.807) is 13.8 Å². The van der Waals surface area contributed by atoms with Crippen LogP contribution in [0.1, 0.15) is 56.0 Å². The average molecular weight is 567 g/mol. The molecule has 2 heterocycles. The number of ether oxygens (including phenoxy) is 3. The molecule has 0 saturated carbocycles. The van der Waals surface area contributed by atoms with E-state index in [1.165, 1.54) is 0 Å². The number of aryl methyl sites for hydroxylation is 1. The number of aliphatic hydroxyl groups excluding tert-OH is 5. The van der Waals surface area contributed by atoms with Crippen LogP contribution in [0.4, 0.5) is 4.79 Å². The van der Waals surface area contributed by atoms with Gasteiger partial charge in [-0.15, -0.1) is 5.10 Å². The highest BCUT2D eigenvalue weighted by Gasteiger charge is 2.45. The zero-order valence-electron chi connectivity index (χ0n) is 23.5. The number of nitrogens with zero attached hydrogens (tertiary/aromatic N) is 1. The molecule has 1 aromatic heterocycles. The second-order valence-corrected chi connectivity index (χ2v) is 10.9. The van der Waals surface area contributed by atoms with Crippen LogP contribution in [-0.4, -0.2) is 104 Å². The first-order valence-corrected chi connectivity index (χ1v) is 13.3. The molecule has 0 aliphatic carbocycles. The monoisotopic (exact) mass is 566 g/mol. The molecule has 1 aliphatic rings. The lowest BCUT2D eigenvalue weighted by Crippen LogP contribution is -2.60. The Bertz CT molecular complexity index is 1120. The number of urea groups is 1. The third-order valence-electron chi connectivity index (χ3n) is 6.70. The van der Waals surface area contributed by atoms with Crippen LogP contribution in [0.25, 0.3) is 0 Å². The van der Waals surface area contributed by atoms with E-state index >= 15 is 0 Å². The first-order chi connectivity index (χ1) is 18.9. The summed E-state index contributed by atoms with van der Waals surface area (Å²) in [5, 5.41) is 61.9. The van der Waals surface area contributed by atoms with Gasteiger partial charge in [0, 0.05) is 17.7 Å². The SMILES string of the molecule is Cc1cc(OCCNC(=O)NC(C)(C)CO)ccc1Cc1c(O[C@@H]2O[C@H](CO)[C@@H](O)[C@H](O)[C@H]2O)n[nH]c1C(C)C. The Morgan fingerprint density at radius 3 is 2.52 bits per heavy atom. The van der Waals surface area contributed by atoms with E-state index in [-0.39, 0.29) is 31.6 Å². The van der Waals surface area contributed by atoms with Crippen LogP contribution >= 0.6 is 0 Å². The van der Waals surface area contributed by atoms with Crippen molar-refractivity contribution in [3.63, 3.8) is 0 Å². The summed E-state index contributed by atoms with van der Waals surface area (Å²) in [6.45, 7) is 9.15. The van der Waals surface area contributed by atoms with Crippen molar-refractivity contribution in [2.24, 2.45) is 0 Å². The number of amides is 2. The van der Waals surface area contributed by atoms with Crippen molar-refractivity contribution in [2.75, 3.05) is 26.4 Å². The van der Waals surface area contributed by atoms with E-state index in [2.05, 4.69) is 20.8 Å². The molecule has 2 amide bonds. The third kappa shape index (κ3) is 7.83. The maximum atomic E-state index is 11.9. The topological polar surface area (TPSA) is 199 Å². The van der Waals surface area contributed by atoms with Gasteiger partial charge in [-0.1, -0.05) is 19.9 Å². The fourth-order valence-electron chi connectivity index (χ4n) is 4.25. The molecule has 2 aromatic rings. The number of hydrogen-bond donors (Lipinski definition) is 8. The first-order valence-electron chi connectivity index (χ1n) is 13.3. The molecule has 1 fully saturated rings. The quantitative estimate of drug-likeness (QED) is 0.163. The van der Waals surface area contributed by atoms with Crippen LogP contribution in [0, 0.1) is 6.92 Å². The van der Waals surface area contributed by atoms with Crippen molar-refractivity contribution in [3.8, 4) is 11.6 Å². The van der Waals surface area contributed by atoms with Gasteiger partial charge in [0.05, 0.1) is 25.3 Å². The Morgan fingerprint density at radius 2 is 1.90 bits per heavy atom. The highest BCUT2D eigenvalue weighted by molar-refractivity contribution is 5.74. The molecule has 8 N–H and O–H groups in total. The maximum absolute atomic E-state index is 11.9. The Hall–Kier alpha value is -2.94. The minimum Gasteiger partial charge on any atom is -0.492 e. The standard InChI is InChI=1S/C27H42N4O9/c1-14(2)20-18(24(31-30-20)40-25-23(36)22(35)21(34)19(12-32)39-25)11-16-6-7-17(10-15(16)3)38-9-8-28-26(37)29-27(4,5)13-33/h6-7,10,14,19,21-23,25,32-36H,8-9,11-13H2,1-5H3,(H,30,31)(H2,28,29,37)/t19-,21-,22+,23-,25+/m1/s1. The maximum Gasteiger partial charge on any atom is 0.315 e. The minimum absolute atomic E-state index is 0.0743. The Morgan fingerprint density at radius 1 is 1.18 bits per heavy atom. The zero-order chi connectivity index (χ0) is 29.6. The van der Waals surface area contributed by atoms with Crippen molar-refractivity contribution in [1.29, 1.82) is 0 Å². The summed E-state index contributed by atoms with van der Waals surface area (Å²) in [6.07, 6.45) is -6.61. The fraction of sp³-hybridized carbons (Fsp3) is 0.630. The summed E-state index contributed by atoms with van der Waals surface area (Å²) in [4.78, 5) is 11.9. The summed E-state index contributed by atoms with van der Waals surface area (Å²) < 4.78 is 17.1. The molecule has 40 heavy (non-hydrogen) atoms. The van der Waals surface area contributed by atoms with Crippen LogP contribution in [0.3, 0.4) is 0 Å². The summed E-state index contributed by atoms with van der Waals surface area (Å²) in [7, 11) is 0. The van der Waals surface area contributed by atoms with Gasteiger partial charge in [-0.05, 0) is 49.9 Å². The van der Waals surface area contributed by atoms with Gasteiger partial charge >= 0.3 is 6.03 Å². The number of carbonyl (C=O) groups is 1. The van der Waals surface area contributed by atoms with Gasteiger partial charge in [-0.2, -0.15) is 0 Å². The van der Waals surface area contributed by atoms with Gasteiger partial charge in [-0.3, -0.25) is 5.10 Å². The second-order valence-electron chi connectivity index (χ2n) is 10.9. The lowest BCUT2D eigenvalue weighted by Gasteiger charge is -2.39. The van der Waals surface area contributed by atoms with Gasteiger partial charge in [-0.25, -0.2) is 4.79 Å². The molecule has 1 saturated heterocycles. The van der Waals surface area contributed by atoms with Crippen LogP contribution in [0.15, 0.2) is 18.2 Å². The predicted molar refractivity (Wildman–Crippen MR) is 144 cm³/mol. The number of hydrogen-bond acceptors (Lipinski definition) is 10. The van der Waals surface area contributed by atoms with Crippen molar-refractivity contribution in [1.82, 2.24) is 20.8 Å². The Kier molecular flexibility index (Phi) is 10.8. The van der Waals surface area contributed by atoms with Crippen molar-refractivity contribution < 1.29 is 44.5 Å². The number of benzene rings is 1. The van der Waals surface area contributed by atoms with Crippen molar-refractivity contribution >= 4 is 6.03 Å². The number of nitrogens with one attached hydrogen (secondary N) is 3. The molecular formula is C27H42N4O9. The summed E-state index contributed by atoms with van der Waals surface area (Å²) in [5.74, 6) is 0.889. The summed E-state index contributed by atoms with van der Waals surface area (Å²) in [5.41, 5.74) is 2.76. The summed E-state index contributed by atoms with van der Waals surface area (Å²) >= 11 is 0. The van der Waals surface area contributed by atoms with Crippen LogP contribution in [0.2, 0.25) is 0 Å². The van der Waals surface area contributed by atoms with Crippen molar-refractivity contribution in [3.05, 3.63) is 40.6 Å². The Balaban J connectivity index is 1.66. The smallest absolute Gasteiger partial charge is 0.315 e. The van der Waals surface area contributed by atoms with Gasteiger partial charge in [0.15, 0.2) is 0 Å². The molecule has 0 bridgehead atoms. The number of H-pyrrole nitrogens is 1. The summed E-state index contributed by atoms with van der Waals surface area (Å²) in [6, 6.07) is 5.24. The fourth-order valence-corrected chi connectivity index (χ4v) is 4.25. The Labute approximate surface area is 233 Å². The van der Waals surface area contributed by atoms with Gasteiger partial charge < -0.3 is 50.4 Å². The molecule has 0 spiro atoms. The van der Waals surface area contributed by atoms with Gasteiger partial charge in [0.1, 0.15) is 36.8 Å². The minimum atomic E-state index is -1.56. The number of rotatable bonds is 12. The van der Waals surface area contributed by atoms with E-state index in [4.69, 9.17) is 14.2 Å². The number of aliphatic hydroxyl groups is 5. The van der Waals surface area contributed by atoms with E-state index < -0.39 is 48.9 Å². The molecule has 3 rings (SSSR count). The van der Waals surface area contributed by atoms with Crippen LogP contribution < -0.4 is 20.1 Å². The first kappa shape index (κ1) is 31.6.